The van der Waals surface area contributed by atoms with Gasteiger partial charge in [0.25, 0.3) is 0 Å². The largest absolute Gasteiger partial charge is 0.379 e. The van der Waals surface area contributed by atoms with E-state index >= 15 is 0 Å². The third-order valence-corrected chi connectivity index (χ3v) is 4.49. The molecule has 2 N–H and O–H groups in total. The van der Waals surface area contributed by atoms with Gasteiger partial charge in [-0.15, -0.1) is 0 Å². The van der Waals surface area contributed by atoms with Crippen molar-refractivity contribution in [2.45, 2.75) is 17.4 Å². The van der Waals surface area contributed by atoms with Crippen LogP contribution in [0.25, 0.3) is 11.0 Å². The molecule has 1 aromatic carbocycles. The van der Waals surface area contributed by atoms with E-state index in [-0.39, 0.29) is 10.9 Å². The molecule has 0 radical (unpaired) electrons. The summed E-state index contributed by atoms with van der Waals surface area (Å²) in [4.78, 5) is 7.90. The third kappa shape index (κ3) is 2.70. The Bertz CT molecular complexity index is 718. The number of nitrogens with one attached hydrogen (secondary N) is 2. The second-order valence-corrected chi connectivity index (χ2v) is 7.02. The zero-order valence-electron chi connectivity index (χ0n) is 11.2. The maximum atomic E-state index is 11.8. The topological polar surface area (TPSA) is 84.1 Å². The molecule has 1 saturated heterocycles. The highest BCUT2D eigenvalue weighted by Gasteiger charge is 2.18. The Kier molecular flexibility index (Phi) is 3.49. The molecule has 1 aliphatic rings. The van der Waals surface area contributed by atoms with Gasteiger partial charge in [0, 0.05) is 25.3 Å². The van der Waals surface area contributed by atoms with Crippen molar-refractivity contribution >= 4 is 20.9 Å². The average Bonchev–Trinajstić information content (AvgIpc) is 2.80. The summed E-state index contributed by atoms with van der Waals surface area (Å²) in [6.07, 6.45) is 1.89. The van der Waals surface area contributed by atoms with Crippen molar-refractivity contribution in [2.24, 2.45) is 0 Å². The first kappa shape index (κ1) is 13.5. The Hall–Kier alpha value is -1.44. The number of H-pyrrole nitrogens is 1. The number of rotatable bonds is 3. The van der Waals surface area contributed by atoms with E-state index in [1.165, 1.54) is 6.26 Å². The number of hydrogen-bond donors (Lipinski definition) is 2. The molecule has 108 valence electrons. The molecule has 0 aliphatic carbocycles. The van der Waals surface area contributed by atoms with Gasteiger partial charge in [-0.1, -0.05) is 6.07 Å². The maximum absolute atomic E-state index is 11.8. The van der Waals surface area contributed by atoms with Crippen molar-refractivity contribution in [1.29, 1.82) is 0 Å². The number of sulfone groups is 1. The molecule has 6 nitrogen and oxygen atoms in total. The summed E-state index contributed by atoms with van der Waals surface area (Å²) in [5.74, 6) is 0.777. The average molecular weight is 295 g/mol. The molecular weight excluding hydrogens is 278 g/mol. The van der Waals surface area contributed by atoms with Crippen molar-refractivity contribution in [3.63, 3.8) is 0 Å². The zero-order chi connectivity index (χ0) is 14.2. The van der Waals surface area contributed by atoms with E-state index in [4.69, 9.17) is 4.74 Å². The summed E-state index contributed by atoms with van der Waals surface area (Å²) >= 11 is 0. The Balaban J connectivity index is 1.94. The van der Waals surface area contributed by atoms with Crippen molar-refractivity contribution in [3.8, 4) is 0 Å². The number of imidazole rings is 1. The van der Waals surface area contributed by atoms with Crippen molar-refractivity contribution in [1.82, 2.24) is 15.3 Å². The Morgan fingerprint density at radius 3 is 3.00 bits per heavy atom. The van der Waals surface area contributed by atoms with Crippen LogP contribution in [0.2, 0.25) is 0 Å². The molecule has 0 spiro atoms. The quantitative estimate of drug-likeness (QED) is 0.861. The monoisotopic (exact) mass is 295 g/mol. The van der Waals surface area contributed by atoms with E-state index in [2.05, 4.69) is 15.3 Å². The first-order valence-corrected chi connectivity index (χ1v) is 8.42. The molecular formula is C13H17N3O3S. The normalized spacial score (nSPS) is 20.4. The highest BCUT2D eigenvalue weighted by atomic mass is 32.2. The van der Waals surface area contributed by atoms with Crippen molar-refractivity contribution < 1.29 is 13.2 Å². The smallest absolute Gasteiger partial charge is 0.177 e. The van der Waals surface area contributed by atoms with E-state index in [1.54, 1.807) is 12.1 Å². The van der Waals surface area contributed by atoms with E-state index in [1.807, 2.05) is 6.07 Å². The number of nitrogens with zero attached hydrogens (tertiary/aromatic N) is 1. The van der Waals surface area contributed by atoms with Crippen LogP contribution in [0.4, 0.5) is 0 Å². The minimum atomic E-state index is -3.27. The summed E-state index contributed by atoms with van der Waals surface area (Å²) in [5, 5.41) is 3.35. The lowest BCUT2D eigenvalue weighted by Gasteiger charge is -2.22. The highest BCUT2D eigenvalue weighted by Crippen LogP contribution is 2.21. The molecule has 1 unspecified atom stereocenters. The van der Waals surface area contributed by atoms with Gasteiger partial charge in [0.2, 0.25) is 0 Å². The van der Waals surface area contributed by atoms with Gasteiger partial charge in [-0.2, -0.15) is 0 Å². The molecule has 1 atom stereocenters. The first-order valence-electron chi connectivity index (χ1n) is 6.53. The molecule has 1 aromatic heterocycles. The predicted molar refractivity (Wildman–Crippen MR) is 75.5 cm³/mol. The Morgan fingerprint density at radius 2 is 2.30 bits per heavy atom. The lowest BCUT2D eigenvalue weighted by molar-refractivity contribution is 0.0765. The number of morpholine rings is 1. The fourth-order valence-electron chi connectivity index (χ4n) is 2.44. The van der Waals surface area contributed by atoms with Gasteiger partial charge in [0.05, 0.1) is 23.6 Å². The number of aromatic nitrogens is 2. The number of hydrogen-bond acceptors (Lipinski definition) is 5. The van der Waals surface area contributed by atoms with Crippen LogP contribution in [-0.4, -0.2) is 50.4 Å². The van der Waals surface area contributed by atoms with Crippen molar-refractivity contribution in [3.05, 3.63) is 24.0 Å². The van der Waals surface area contributed by atoms with Gasteiger partial charge in [0.1, 0.15) is 11.3 Å². The minimum Gasteiger partial charge on any atom is -0.379 e. The molecule has 2 aromatic rings. The summed E-state index contributed by atoms with van der Waals surface area (Å²) in [7, 11) is -3.27. The van der Waals surface area contributed by atoms with Crippen LogP contribution >= 0.6 is 0 Å². The van der Waals surface area contributed by atoms with Crippen LogP contribution in [-0.2, 0) is 21.0 Å². The number of para-hydroxylation sites is 1. The van der Waals surface area contributed by atoms with Gasteiger partial charge in [-0.25, -0.2) is 13.4 Å². The summed E-state index contributed by atoms with van der Waals surface area (Å²) in [6.45, 7) is 2.21. The van der Waals surface area contributed by atoms with Crippen LogP contribution in [0.5, 0.6) is 0 Å². The van der Waals surface area contributed by atoms with Gasteiger partial charge in [-0.05, 0) is 12.1 Å². The summed E-state index contributed by atoms with van der Waals surface area (Å²) in [5.41, 5.74) is 1.27. The molecule has 0 bridgehead atoms. The van der Waals surface area contributed by atoms with E-state index in [0.29, 0.717) is 18.5 Å². The van der Waals surface area contributed by atoms with Gasteiger partial charge in [0.15, 0.2) is 9.84 Å². The molecule has 3 rings (SSSR count). The molecule has 20 heavy (non-hydrogen) atoms. The predicted octanol–water partition coefficient (Wildman–Crippen LogP) is 0.497. The molecule has 7 heteroatoms. The fraction of sp³-hybridized carbons (Fsp3) is 0.462. The van der Waals surface area contributed by atoms with Gasteiger partial charge >= 0.3 is 0 Å². The molecule has 1 fully saturated rings. The SMILES string of the molecule is CS(=O)(=O)c1cccc2[nH]c(CC3COCCN3)nc12. The second kappa shape index (κ2) is 5.16. The molecule has 0 amide bonds. The molecule has 0 saturated carbocycles. The number of benzene rings is 1. The van der Waals surface area contributed by atoms with E-state index < -0.39 is 9.84 Å². The van der Waals surface area contributed by atoms with E-state index in [9.17, 15) is 8.42 Å². The third-order valence-electron chi connectivity index (χ3n) is 3.36. The molecule has 2 heterocycles. The molecule has 1 aliphatic heterocycles. The zero-order valence-corrected chi connectivity index (χ0v) is 12.0. The van der Waals surface area contributed by atoms with Gasteiger partial charge < -0.3 is 15.0 Å². The lowest BCUT2D eigenvalue weighted by Crippen LogP contribution is -2.42. The second-order valence-electron chi connectivity index (χ2n) is 5.04. The maximum Gasteiger partial charge on any atom is 0.177 e. The standard InChI is InChI=1S/C13H17N3O3S/c1-20(17,18)11-4-2-3-10-13(11)16-12(15-10)7-9-8-19-6-5-14-9/h2-4,9,14H,5-8H2,1H3,(H,15,16). The van der Waals surface area contributed by atoms with Crippen LogP contribution in [0.1, 0.15) is 5.82 Å². The van der Waals surface area contributed by atoms with Crippen LogP contribution < -0.4 is 5.32 Å². The number of fused-ring (bicyclic) bond motifs is 1. The van der Waals surface area contributed by atoms with Crippen LogP contribution in [0.15, 0.2) is 23.1 Å². The Labute approximate surface area is 117 Å². The van der Waals surface area contributed by atoms with E-state index in [0.717, 1.165) is 24.5 Å². The number of aromatic amines is 1. The number of ether oxygens (including phenoxy) is 1. The van der Waals surface area contributed by atoms with Crippen LogP contribution in [0.3, 0.4) is 0 Å². The fourth-order valence-corrected chi connectivity index (χ4v) is 3.27. The van der Waals surface area contributed by atoms with Crippen molar-refractivity contribution in [2.75, 3.05) is 26.0 Å². The first-order chi connectivity index (χ1) is 9.54. The minimum absolute atomic E-state index is 0.214. The summed E-state index contributed by atoms with van der Waals surface area (Å²) in [6, 6.07) is 5.36. The van der Waals surface area contributed by atoms with Crippen LogP contribution in [0, 0.1) is 0 Å². The Morgan fingerprint density at radius 1 is 1.45 bits per heavy atom. The summed E-state index contributed by atoms with van der Waals surface area (Å²) < 4.78 is 28.9. The highest BCUT2D eigenvalue weighted by molar-refractivity contribution is 7.91. The lowest BCUT2D eigenvalue weighted by atomic mass is 10.2. The van der Waals surface area contributed by atoms with Gasteiger partial charge in [-0.3, -0.25) is 0 Å².